The van der Waals surface area contributed by atoms with E-state index in [1.807, 2.05) is 16.2 Å². The number of thiocarbonyl (C=S) groups is 1. The van der Waals surface area contributed by atoms with Crippen LogP contribution in [0.15, 0.2) is 17.0 Å². The molecule has 0 aromatic carbocycles. The van der Waals surface area contributed by atoms with E-state index in [0.717, 1.165) is 0 Å². The van der Waals surface area contributed by atoms with Gasteiger partial charge in [-0.15, -0.1) is 0 Å². The third kappa shape index (κ3) is 2.82. The summed E-state index contributed by atoms with van der Waals surface area (Å²) in [5, 5.41) is 0. The molecule has 0 atom stereocenters. The molecule has 0 aliphatic carbocycles. The number of rotatable bonds is 3. The lowest BCUT2D eigenvalue weighted by molar-refractivity contribution is 1.09. The summed E-state index contributed by atoms with van der Waals surface area (Å²) in [5.41, 5.74) is 0.700. The number of hydrogen-bond acceptors (Lipinski definition) is 5. The highest BCUT2D eigenvalue weighted by molar-refractivity contribution is 9.10. The second-order valence-corrected chi connectivity index (χ2v) is 4.95. The van der Waals surface area contributed by atoms with Crippen molar-refractivity contribution in [1.82, 2.24) is 13.7 Å². The van der Waals surface area contributed by atoms with Crippen LogP contribution in [0.2, 0.25) is 0 Å². The Hall–Kier alpha value is 0.150. The van der Waals surface area contributed by atoms with Crippen LogP contribution in [0.5, 0.6) is 0 Å². The van der Waals surface area contributed by atoms with Crippen LogP contribution in [-0.4, -0.2) is 31.2 Å². The molecule has 0 saturated carbocycles. The van der Waals surface area contributed by atoms with Gasteiger partial charge in [-0.3, -0.25) is 0 Å². The molecule has 1 aromatic rings. The first-order chi connectivity index (χ1) is 6.70. The predicted molar refractivity (Wildman–Crippen MR) is 70.3 cm³/mol. The van der Waals surface area contributed by atoms with Crippen LogP contribution in [0.1, 0.15) is 5.69 Å². The van der Waals surface area contributed by atoms with Gasteiger partial charge in [-0.25, -0.2) is 13.7 Å². The smallest absolute Gasteiger partial charge is 0.150 e. The fourth-order valence-electron chi connectivity index (χ4n) is 0.791. The zero-order valence-corrected chi connectivity index (χ0v) is 11.6. The van der Waals surface area contributed by atoms with Crippen LogP contribution < -0.4 is 0 Å². The largest absolute Gasteiger partial charge is 0.249 e. The maximum absolute atomic E-state index is 5.28. The van der Waals surface area contributed by atoms with Crippen molar-refractivity contribution < 1.29 is 0 Å². The third-order valence-corrected chi connectivity index (χ3v) is 4.46. The Morgan fingerprint density at radius 3 is 2.43 bits per heavy atom. The Labute approximate surface area is 105 Å². The van der Waals surface area contributed by atoms with Gasteiger partial charge in [0.2, 0.25) is 0 Å². The van der Waals surface area contributed by atoms with E-state index < -0.39 is 0 Å². The molecule has 0 aliphatic rings. The average molecular weight is 310 g/mol. The van der Waals surface area contributed by atoms with Gasteiger partial charge in [0.05, 0.1) is 0 Å². The van der Waals surface area contributed by atoms with Gasteiger partial charge in [-0.05, 0) is 39.8 Å². The molecule has 0 amide bonds. The zero-order valence-electron chi connectivity index (χ0n) is 7.60. The fraction of sp³-hybridized carbons (Fsp3) is 0.286. The number of hydrogen-bond donors (Lipinski definition) is 0. The van der Waals surface area contributed by atoms with E-state index in [1.54, 1.807) is 36.3 Å². The summed E-state index contributed by atoms with van der Waals surface area (Å²) >= 11 is 11.7. The van der Waals surface area contributed by atoms with Crippen molar-refractivity contribution in [2.45, 2.75) is 0 Å². The molecule has 0 spiro atoms. The SMILES string of the molecule is CSN(SC)C(=S)c1nccnc1Br. The Kier molecular flexibility index (Phi) is 5.14. The minimum atomic E-state index is 0.671. The third-order valence-electron chi connectivity index (χ3n) is 1.35. The van der Waals surface area contributed by atoms with Crippen molar-refractivity contribution in [2.75, 3.05) is 12.5 Å². The van der Waals surface area contributed by atoms with Crippen molar-refractivity contribution in [3.63, 3.8) is 0 Å². The van der Waals surface area contributed by atoms with Crippen molar-refractivity contribution in [1.29, 1.82) is 0 Å². The van der Waals surface area contributed by atoms with Crippen LogP contribution in [0.4, 0.5) is 0 Å². The highest BCUT2D eigenvalue weighted by Gasteiger charge is 2.14. The molecule has 0 radical (unpaired) electrons. The second kappa shape index (κ2) is 5.89. The quantitative estimate of drug-likeness (QED) is 0.630. The molecule has 14 heavy (non-hydrogen) atoms. The van der Waals surface area contributed by atoms with Gasteiger partial charge >= 0.3 is 0 Å². The van der Waals surface area contributed by atoms with Crippen molar-refractivity contribution >= 4 is 57.0 Å². The van der Waals surface area contributed by atoms with E-state index in [-0.39, 0.29) is 0 Å². The molecule has 7 heteroatoms. The first kappa shape index (κ1) is 12.2. The van der Waals surface area contributed by atoms with Gasteiger partial charge in [0.25, 0.3) is 0 Å². The van der Waals surface area contributed by atoms with Crippen LogP contribution in [0.3, 0.4) is 0 Å². The molecular weight excluding hydrogens is 302 g/mol. The lowest BCUT2D eigenvalue weighted by Gasteiger charge is -2.17. The van der Waals surface area contributed by atoms with Gasteiger partial charge in [0, 0.05) is 24.9 Å². The lowest BCUT2D eigenvalue weighted by Crippen LogP contribution is -2.17. The minimum absolute atomic E-state index is 0.671. The monoisotopic (exact) mass is 309 g/mol. The van der Waals surface area contributed by atoms with Gasteiger partial charge in [-0.1, -0.05) is 12.2 Å². The summed E-state index contributed by atoms with van der Waals surface area (Å²) in [6, 6.07) is 0. The molecule has 0 saturated heterocycles. The molecule has 0 N–H and O–H groups in total. The number of halogens is 1. The minimum Gasteiger partial charge on any atom is -0.249 e. The Balaban J connectivity index is 2.94. The van der Waals surface area contributed by atoms with E-state index >= 15 is 0 Å². The molecule has 1 heterocycles. The number of nitrogens with zero attached hydrogens (tertiary/aromatic N) is 3. The van der Waals surface area contributed by atoms with E-state index in [1.165, 1.54) is 0 Å². The molecule has 1 aromatic heterocycles. The molecule has 0 fully saturated rings. The maximum atomic E-state index is 5.28. The van der Waals surface area contributed by atoms with E-state index in [2.05, 4.69) is 25.9 Å². The molecule has 3 nitrogen and oxygen atoms in total. The molecule has 76 valence electrons. The van der Waals surface area contributed by atoms with Crippen molar-refractivity contribution in [2.24, 2.45) is 0 Å². The normalized spacial score (nSPS) is 9.93. The maximum Gasteiger partial charge on any atom is 0.150 e. The Bertz CT molecular complexity index is 330. The molecule has 0 bridgehead atoms. The summed E-state index contributed by atoms with van der Waals surface area (Å²) in [7, 11) is 0. The van der Waals surface area contributed by atoms with Gasteiger partial charge in [0.15, 0.2) is 4.99 Å². The predicted octanol–water partition coefficient (Wildman–Crippen LogP) is 2.77. The van der Waals surface area contributed by atoms with Gasteiger partial charge in [0.1, 0.15) is 10.3 Å². The number of aromatic nitrogens is 2. The van der Waals surface area contributed by atoms with Crippen molar-refractivity contribution in [3.05, 3.63) is 22.7 Å². The average Bonchev–Trinajstić information content (AvgIpc) is 2.20. The second-order valence-electron chi connectivity index (χ2n) is 2.12. The van der Waals surface area contributed by atoms with Crippen LogP contribution in [0, 0.1) is 0 Å². The first-order valence-electron chi connectivity index (χ1n) is 3.60. The highest BCUT2D eigenvalue weighted by atomic mass is 79.9. The lowest BCUT2D eigenvalue weighted by atomic mass is 10.5. The summed E-state index contributed by atoms with van der Waals surface area (Å²) in [4.78, 5) is 8.92. The van der Waals surface area contributed by atoms with Crippen LogP contribution >= 0.6 is 52.0 Å². The van der Waals surface area contributed by atoms with E-state index in [9.17, 15) is 0 Å². The molecule has 0 unspecified atom stereocenters. The van der Waals surface area contributed by atoms with Crippen LogP contribution in [-0.2, 0) is 0 Å². The first-order valence-corrected chi connectivity index (χ1v) is 7.16. The highest BCUT2D eigenvalue weighted by Crippen LogP contribution is 2.23. The van der Waals surface area contributed by atoms with E-state index in [0.29, 0.717) is 15.3 Å². The topological polar surface area (TPSA) is 29.0 Å². The zero-order chi connectivity index (χ0) is 10.6. The molecule has 1 rings (SSSR count). The summed E-state index contributed by atoms with van der Waals surface area (Å²) < 4.78 is 2.59. The standard InChI is InChI=1S/C7H8BrN3S3/c1-13-11(14-2)7(12)5-6(8)10-4-3-9-5/h3-4H,1-2H3. The van der Waals surface area contributed by atoms with Crippen LogP contribution in [0.25, 0.3) is 0 Å². The Morgan fingerprint density at radius 1 is 1.36 bits per heavy atom. The Morgan fingerprint density at radius 2 is 1.93 bits per heavy atom. The fourth-order valence-corrected chi connectivity index (χ4v) is 3.03. The van der Waals surface area contributed by atoms with E-state index in [4.69, 9.17) is 12.2 Å². The van der Waals surface area contributed by atoms with Crippen molar-refractivity contribution in [3.8, 4) is 0 Å². The molecular formula is C7H8BrN3S3. The summed E-state index contributed by atoms with van der Waals surface area (Å²) in [6.45, 7) is 0. The van der Waals surface area contributed by atoms with Gasteiger partial charge in [-0.2, -0.15) is 0 Å². The molecule has 0 aliphatic heterocycles. The summed E-state index contributed by atoms with van der Waals surface area (Å²) in [5.74, 6) is 0. The van der Waals surface area contributed by atoms with Gasteiger partial charge < -0.3 is 0 Å². The summed E-state index contributed by atoms with van der Waals surface area (Å²) in [6.07, 6.45) is 7.18.